The van der Waals surface area contributed by atoms with E-state index in [9.17, 15) is 4.79 Å². The number of rotatable bonds is 5. The minimum Gasteiger partial charge on any atom is -0.434 e. The van der Waals surface area contributed by atoms with Gasteiger partial charge < -0.3 is 9.47 Å². The summed E-state index contributed by atoms with van der Waals surface area (Å²) in [6.45, 7) is 4.57. The van der Waals surface area contributed by atoms with Gasteiger partial charge in [0.05, 0.1) is 6.61 Å². The zero-order valence-corrected chi connectivity index (χ0v) is 14.2. The SMILES string of the molecule is CCCCOC(=O)Oc1c2ccccc2cc2c(CC)cccc12. The van der Waals surface area contributed by atoms with E-state index in [1.807, 2.05) is 36.4 Å². The summed E-state index contributed by atoms with van der Waals surface area (Å²) in [6, 6.07) is 16.2. The fourth-order valence-corrected chi connectivity index (χ4v) is 2.94. The van der Waals surface area contributed by atoms with Crippen molar-refractivity contribution in [1.82, 2.24) is 0 Å². The third kappa shape index (κ3) is 3.21. The van der Waals surface area contributed by atoms with E-state index in [1.54, 1.807) is 0 Å². The molecule has 0 fully saturated rings. The van der Waals surface area contributed by atoms with E-state index >= 15 is 0 Å². The van der Waals surface area contributed by atoms with Gasteiger partial charge in [-0.25, -0.2) is 4.79 Å². The Morgan fingerprint density at radius 2 is 1.75 bits per heavy atom. The minimum absolute atomic E-state index is 0.387. The van der Waals surface area contributed by atoms with Crippen LogP contribution in [-0.4, -0.2) is 12.8 Å². The normalized spacial score (nSPS) is 10.9. The number of fused-ring (bicyclic) bond motifs is 2. The fraction of sp³-hybridized carbons (Fsp3) is 0.286. The molecule has 3 aromatic rings. The van der Waals surface area contributed by atoms with Crippen LogP contribution >= 0.6 is 0 Å². The van der Waals surface area contributed by atoms with Gasteiger partial charge in [0.2, 0.25) is 0 Å². The quantitative estimate of drug-likeness (QED) is 0.255. The van der Waals surface area contributed by atoms with Gasteiger partial charge >= 0.3 is 6.16 Å². The Morgan fingerprint density at radius 1 is 0.958 bits per heavy atom. The van der Waals surface area contributed by atoms with Gasteiger partial charge in [-0.15, -0.1) is 0 Å². The summed E-state index contributed by atoms with van der Waals surface area (Å²) < 4.78 is 10.8. The van der Waals surface area contributed by atoms with Crippen molar-refractivity contribution in [1.29, 1.82) is 0 Å². The van der Waals surface area contributed by atoms with E-state index in [0.717, 1.165) is 40.8 Å². The second kappa shape index (κ2) is 7.35. The second-order valence-corrected chi connectivity index (χ2v) is 5.85. The molecule has 3 nitrogen and oxygen atoms in total. The lowest BCUT2D eigenvalue weighted by atomic mass is 9.97. The molecule has 0 unspecified atom stereocenters. The highest BCUT2D eigenvalue weighted by atomic mass is 16.7. The van der Waals surface area contributed by atoms with Crippen LogP contribution in [0.5, 0.6) is 5.75 Å². The van der Waals surface area contributed by atoms with E-state index in [2.05, 4.69) is 26.0 Å². The number of benzene rings is 3. The topological polar surface area (TPSA) is 35.5 Å². The Hall–Kier alpha value is -2.55. The van der Waals surface area contributed by atoms with Crippen molar-refractivity contribution in [3.63, 3.8) is 0 Å². The van der Waals surface area contributed by atoms with E-state index in [1.165, 1.54) is 5.56 Å². The van der Waals surface area contributed by atoms with Gasteiger partial charge in [-0.3, -0.25) is 0 Å². The number of carbonyl (C=O) groups is 1. The van der Waals surface area contributed by atoms with Crippen LogP contribution in [0.3, 0.4) is 0 Å². The van der Waals surface area contributed by atoms with Crippen molar-refractivity contribution in [2.75, 3.05) is 6.61 Å². The van der Waals surface area contributed by atoms with Crippen LogP contribution in [-0.2, 0) is 11.2 Å². The summed E-state index contributed by atoms with van der Waals surface area (Å²) in [6.07, 6.45) is 2.11. The number of aryl methyl sites for hydroxylation is 1. The standard InChI is InChI=1S/C21H22O3/c1-3-5-13-23-21(22)24-20-17-11-7-6-9-16(17)14-19-15(4-2)10-8-12-18(19)20/h6-12,14H,3-5,13H2,1-2H3. The second-order valence-electron chi connectivity index (χ2n) is 5.85. The van der Waals surface area contributed by atoms with E-state index in [4.69, 9.17) is 9.47 Å². The molecule has 0 heterocycles. The molecule has 0 aliphatic carbocycles. The lowest BCUT2D eigenvalue weighted by molar-refractivity contribution is 0.0988. The molecule has 3 aromatic carbocycles. The van der Waals surface area contributed by atoms with Crippen molar-refractivity contribution >= 4 is 27.7 Å². The summed E-state index contributed by atoms with van der Waals surface area (Å²) in [4.78, 5) is 12.1. The monoisotopic (exact) mass is 322 g/mol. The Kier molecular flexibility index (Phi) is 4.99. The molecule has 0 saturated heterocycles. The van der Waals surface area contributed by atoms with Crippen molar-refractivity contribution < 1.29 is 14.3 Å². The Bertz CT molecular complexity index is 867. The van der Waals surface area contributed by atoms with Gasteiger partial charge in [0.1, 0.15) is 5.75 Å². The Balaban J connectivity index is 2.10. The molecule has 0 amide bonds. The van der Waals surface area contributed by atoms with E-state index in [-0.39, 0.29) is 0 Å². The van der Waals surface area contributed by atoms with Crippen molar-refractivity contribution in [3.05, 3.63) is 54.1 Å². The molecule has 0 bridgehead atoms. The summed E-state index contributed by atoms with van der Waals surface area (Å²) in [5, 5.41) is 4.04. The van der Waals surface area contributed by atoms with Crippen molar-refractivity contribution in [3.8, 4) is 5.75 Å². The molecule has 3 heteroatoms. The average Bonchev–Trinajstić information content (AvgIpc) is 2.61. The molecule has 0 atom stereocenters. The van der Waals surface area contributed by atoms with Gasteiger partial charge in [-0.1, -0.05) is 62.7 Å². The Morgan fingerprint density at radius 3 is 2.54 bits per heavy atom. The maximum Gasteiger partial charge on any atom is 0.513 e. The van der Waals surface area contributed by atoms with Crippen LogP contribution in [0.1, 0.15) is 32.3 Å². The largest absolute Gasteiger partial charge is 0.513 e. The molecule has 0 aliphatic rings. The maximum absolute atomic E-state index is 12.1. The zero-order valence-electron chi connectivity index (χ0n) is 14.2. The molecule has 124 valence electrons. The number of hydrogen-bond acceptors (Lipinski definition) is 3. The summed E-state index contributed by atoms with van der Waals surface area (Å²) in [5.74, 6) is 0.583. The molecule has 24 heavy (non-hydrogen) atoms. The molecule has 0 aromatic heterocycles. The summed E-state index contributed by atoms with van der Waals surface area (Å²) in [7, 11) is 0. The molecular formula is C21H22O3. The Labute approximate surface area is 142 Å². The van der Waals surface area contributed by atoms with Crippen LogP contribution in [0.2, 0.25) is 0 Å². The lowest BCUT2D eigenvalue weighted by Gasteiger charge is -2.13. The zero-order chi connectivity index (χ0) is 16.9. The predicted octanol–water partition coefficient (Wildman–Crippen LogP) is 5.87. The van der Waals surface area contributed by atoms with Gasteiger partial charge in [-0.05, 0) is 35.2 Å². The third-order valence-corrected chi connectivity index (χ3v) is 4.23. The number of unbranched alkanes of at least 4 members (excludes halogenated alkanes) is 1. The number of ether oxygens (including phenoxy) is 2. The fourth-order valence-electron chi connectivity index (χ4n) is 2.94. The van der Waals surface area contributed by atoms with Crippen molar-refractivity contribution in [2.24, 2.45) is 0 Å². The van der Waals surface area contributed by atoms with Gasteiger partial charge in [0.25, 0.3) is 0 Å². The smallest absolute Gasteiger partial charge is 0.434 e. The first kappa shape index (κ1) is 16.3. The highest BCUT2D eigenvalue weighted by Gasteiger charge is 2.15. The highest BCUT2D eigenvalue weighted by Crippen LogP contribution is 2.36. The molecule has 0 spiro atoms. The average molecular weight is 322 g/mol. The molecule has 0 saturated carbocycles. The van der Waals surface area contributed by atoms with Crippen LogP contribution < -0.4 is 4.74 Å². The van der Waals surface area contributed by atoms with Crippen LogP contribution in [0, 0.1) is 0 Å². The molecule has 0 aliphatic heterocycles. The third-order valence-electron chi connectivity index (χ3n) is 4.23. The van der Waals surface area contributed by atoms with Gasteiger partial charge in [0.15, 0.2) is 0 Å². The highest BCUT2D eigenvalue weighted by molar-refractivity contribution is 6.07. The summed E-state index contributed by atoms with van der Waals surface area (Å²) >= 11 is 0. The molecule has 3 rings (SSSR count). The van der Waals surface area contributed by atoms with Crippen LogP contribution in [0.15, 0.2) is 48.5 Å². The number of carbonyl (C=O) groups excluding carboxylic acids is 1. The molecular weight excluding hydrogens is 300 g/mol. The van der Waals surface area contributed by atoms with Gasteiger partial charge in [0, 0.05) is 10.8 Å². The molecule has 0 radical (unpaired) electrons. The summed E-state index contributed by atoms with van der Waals surface area (Å²) in [5.41, 5.74) is 1.24. The maximum atomic E-state index is 12.1. The van der Waals surface area contributed by atoms with Crippen LogP contribution in [0.25, 0.3) is 21.5 Å². The predicted molar refractivity (Wildman–Crippen MR) is 97.7 cm³/mol. The number of hydrogen-bond donors (Lipinski definition) is 0. The molecule has 0 N–H and O–H groups in total. The van der Waals surface area contributed by atoms with E-state index in [0.29, 0.717) is 12.4 Å². The first-order valence-electron chi connectivity index (χ1n) is 8.52. The van der Waals surface area contributed by atoms with Crippen molar-refractivity contribution in [2.45, 2.75) is 33.1 Å². The first-order valence-corrected chi connectivity index (χ1v) is 8.52. The van der Waals surface area contributed by atoms with Crippen LogP contribution in [0.4, 0.5) is 4.79 Å². The van der Waals surface area contributed by atoms with Gasteiger partial charge in [-0.2, -0.15) is 0 Å². The van der Waals surface area contributed by atoms with E-state index < -0.39 is 6.16 Å². The lowest BCUT2D eigenvalue weighted by Crippen LogP contribution is -2.12. The minimum atomic E-state index is -0.636. The first-order chi connectivity index (χ1) is 11.7.